The Balaban J connectivity index is 3.51. The van der Waals surface area contributed by atoms with Gasteiger partial charge in [-0.05, 0) is 0 Å². The molecule has 0 spiro atoms. The van der Waals surface area contributed by atoms with Crippen molar-refractivity contribution in [2.75, 3.05) is 0 Å². The number of hydrogen-bond acceptors (Lipinski definition) is 1. The van der Waals surface area contributed by atoms with Crippen LogP contribution < -0.4 is 0 Å². The van der Waals surface area contributed by atoms with E-state index >= 15 is 0 Å². The molecule has 0 aromatic rings. The minimum absolute atomic E-state index is 0.595. The lowest BCUT2D eigenvalue weighted by atomic mass is 14.0. The van der Waals surface area contributed by atoms with Crippen LogP contribution in [0.25, 0.3) is 0 Å². The van der Waals surface area contributed by atoms with E-state index in [9.17, 15) is 0 Å². The Hall–Kier alpha value is 1.18. The van der Waals surface area contributed by atoms with Crippen molar-refractivity contribution < 1.29 is 0 Å². The van der Waals surface area contributed by atoms with E-state index in [1.54, 1.807) is 0 Å². The molecular weight excluding hydrogens is 204 g/mol. The SMILES string of the molecule is N=[SH](=P)I. The lowest BCUT2D eigenvalue weighted by Crippen LogP contribution is -1.15. The average molecular weight is 207 g/mol. The molecule has 4 heteroatoms. The summed E-state index contributed by atoms with van der Waals surface area (Å²) in [5, 5.41) is 0. The minimum Gasteiger partial charge on any atom is -0.276 e. The van der Waals surface area contributed by atoms with Gasteiger partial charge in [0.2, 0.25) is 0 Å². The monoisotopic (exact) mass is 207 g/mol. The molecule has 0 aromatic carbocycles. The predicted molar refractivity (Wildman–Crippen MR) is 33.8 cm³/mol. The molecule has 4 heavy (non-hydrogen) atoms. The van der Waals surface area contributed by atoms with Gasteiger partial charge >= 0.3 is 0 Å². The highest BCUT2D eigenvalue weighted by Crippen LogP contribution is 1.84. The first kappa shape index (κ1) is 5.18. The van der Waals surface area contributed by atoms with Gasteiger partial charge in [-0.1, -0.05) is 15.1 Å². The Labute approximate surface area is 41.1 Å². The molecule has 1 atom stereocenters. The zero-order valence-electron chi connectivity index (χ0n) is 1.83. The van der Waals surface area contributed by atoms with E-state index in [1.165, 1.54) is 0 Å². The van der Waals surface area contributed by atoms with Crippen molar-refractivity contribution in [3.63, 3.8) is 0 Å². The Kier molecular flexibility index (Phi) is 3.13. The molecule has 0 aliphatic carbocycles. The zero-order chi connectivity index (χ0) is 3.58. The molecule has 1 N–H and O–H groups in total. The number of nitrogens with one attached hydrogen (secondary N) is 1. The first-order valence-electron chi connectivity index (χ1n) is 0.616. The molecule has 0 amide bonds. The summed E-state index contributed by atoms with van der Waals surface area (Å²) < 4.78 is 6.55. The van der Waals surface area contributed by atoms with Crippen LogP contribution in [0.4, 0.5) is 0 Å². The van der Waals surface area contributed by atoms with Crippen molar-refractivity contribution in [1.82, 2.24) is 0 Å². The van der Waals surface area contributed by atoms with Gasteiger partial charge in [0, 0.05) is 21.2 Å². The highest BCUT2D eigenvalue weighted by Gasteiger charge is 1.34. The van der Waals surface area contributed by atoms with Gasteiger partial charge in [-0.3, -0.25) is 4.78 Å². The van der Waals surface area contributed by atoms with Crippen LogP contribution in [0.1, 0.15) is 0 Å². The molecule has 0 aromatic heterocycles. The van der Waals surface area contributed by atoms with Gasteiger partial charge in [0.15, 0.2) is 0 Å². The highest BCUT2D eigenvalue weighted by molar-refractivity contribution is 14.2. The number of hydrogen-bond donors (Lipinski definition) is 2. The molecule has 0 saturated carbocycles. The molecule has 0 aliphatic heterocycles. The lowest BCUT2D eigenvalue weighted by Gasteiger charge is -1.50. The molecule has 0 aliphatic rings. The fourth-order valence-corrected chi connectivity index (χ4v) is 0. The van der Waals surface area contributed by atoms with Gasteiger partial charge < -0.3 is 0 Å². The first-order valence-corrected chi connectivity index (χ1v) is 6.08. The second-order valence-electron chi connectivity index (χ2n) is 0.281. The normalized spacial score (nSPS) is 15.2. The fraction of sp³-hybridized carbons (Fsp3) is 0. The topological polar surface area (TPSA) is 23.9 Å². The van der Waals surface area contributed by atoms with Crippen molar-refractivity contribution in [3.05, 3.63) is 0 Å². The quantitative estimate of drug-likeness (QED) is 0.341. The zero-order valence-corrected chi connectivity index (χ0v) is 5.88. The molecule has 0 bridgehead atoms. The van der Waals surface area contributed by atoms with Gasteiger partial charge in [-0.15, -0.1) is 0 Å². The lowest BCUT2D eigenvalue weighted by molar-refractivity contribution is 1.67. The average Bonchev–Trinajstić information content (AvgIpc) is 0.811. The maximum Gasteiger partial charge on any atom is 0.00148 e. The predicted octanol–water partition coefficient (Wildman–Crippen LogP) is 1.51. The van der Waals surface area contributed by atoms with E-state index in [0.29, 0.717) is 0 Å². The second-order valence-corrected chi connectivity index (χ2v) is 7.81. The number of rotatable bonds is 0. The van der Waals surface area contributed by atoms with Crippen LogP contribution in [0.2, 0.25) is 0 Å². The summed E-state index contributed by atoms with van der Waals surface area (Å²) in [6.07, 6.45) is 0. The van der Waals surface area contributed by atoms with E-state index in [4.69, 9.17) is 4.78 Å². The molecule has 1 unspecified atom stereocenters. The van der Waals surface area contributed by atoms with E-state index in [1.807, 2.05) is 21.2 Å². The Morgan fingerprint density at radius 1 is 2.00 bits per heavy atom. The third kappa shape index (κ3) is 10.9. The van der Waals surface area contributed by atoms with Crippen LogP contribution in [0.5, 0.6) is 0 Å². The Morgan fingerprint density at radius 2 is 2.00 bits per heavy atom. The molecular formula is H3INPS. The van der Waals surface area contributed by atoms with Gasteiger partial charge in [-0.25, -0.2) is 0 Å². The standard InChI is InChI=1S/H3INPS/c1-4(2)3/h2-4H. The molecule has 26 valence electrons. The van der Waals surface area contributed by atoms with Crippen molar-refractivity contribution >= 4 is 36.3 Å². The van der Waals surface area contributed by atoms with Crippen LogP contribution in [0.15, 0.2) is 0 Å². The van der Waals surface area contributed by atoms with E-state index < -0.39 is 7.04 Å². The van der Waals surface area contributed by atoms with E-state index in [2.05, 4.69) is 8.02 Å². The smallest absolute Gasteiger partial charge is 0.00148 e. The van der Waals surface area contributed by atoms with Crippen molar-refractivity contribution in [2.24, 2.45) is 0 Å². The second kappa shape index (κ2) is 2.42. The van der Waals surface area contributed by atoms with E-state index in [-0.39, 0.29) is 0 Å². The van der Waals surface area contributed by atoms with Gasteiger partial charge in [0.05, 0.1) is 0 Å². The van der Waals surface area contributed by atoms with Crippen LogP contribution >= 0.6 is 29.2 Å². The Morgan fingerprint density at radius 3 is 2.00 bits per heavy atom. The maximum absolute atomic E-state index is 6.55. The van der Waals surface area contributed by atoms with Gasteiger partial charge in [-0.2, -0.15) is 0 Å². The van der Waals surface area contributed by atoms with E-state index in [0.717, 1.165) is 0 Å². The summed E-state index contributed by atoms with van der Waals surface area (Å²) in [5.74, 6) is 0. The summed E-state index contributed by atoms with van der Waals surface area (Å²) >= 11 is 1.99. The van der Waals surface area contributed by atoms with Crippen molar-refractivity contribution in [1.29, 1.82) is 4.78 Å². The van der Waals surface area contributed by atoms with Crippen LogP contribution in [0, 0.1) is 4.78 Å². The summed E-state index contributed by atoms with van der Waals surface area (Å²) in [5.41, 5.74) is 0. The molecule has 0 heterocycles. The maximum atomic E-state index is 6.55. The van der Waals surface area contributed by atoms with Gasteiger partial charge in [0.25, 0.3) is 0 Å². The number of halogens is 1. The number of thiol groups is 1. The summed E-state index contributed by atoms with van der Waals surface area (Å²) in [4.78, 5) is 0. The minimum atomic E-state index is -0.595. The molecule has 0 fully saturated rings. The molecule has 1 nitrogen and oxygen atoms in total. The summed E-state index contributed by atoms with van der Waals surface area (Å²) in [6, 6.07) is 0. The Bertz CT molecular complexity index is 56.4. The van der Waals surface area contributed by atoms with Gasteiger partial charge in [0.1, 0.15) is 0 Å². The fourth-order valence-electron chi connectivity index (χ4n) is 0. The van der Waals surface area contributed by atoms with Crippen LogP contribution in [-0.4, -0.2) is 0 Å². The van der Waals surface area contributed by atoms with Crippen molar-refractivity contribution in [3.8, 4) is 0 Å². The third-order valence-corrected chi connectivity index (χ3v) is 0. The molecule has 0 saturated heterocycles. The first-order chi connectivity index (χ1) is 1.73. The largest absolute Gasteiger partial charge is 0.276 e. The molecule has 0 radical (unpaired) electrons. The van der Waals surface area contributed by atoms with Crippen LogP contribution in [-0.2, 0) is 7.04 Å². The third-order valence-electron chi connectivity index (χ3n) is 0. The van der Waals surface area contributed by atoms with Crippen molar-refractivity contribution in [2.45, 2.75) is 0 Å². The molecule has 0 rings (SSSR count). The highest BCUT2D eigenvalue weighted by atomic mass is 127. The van der Waals surface area contributed by atoms with Crippen LogP contribution in [0.3, 0.4) is 0 Å². The summed E-state index contributed by atoms with van der Waals surface area (Å²) in [6.45, 7) is 0. The summed E-state index contributed by atoms with van der Waals surface area (Å²) in [7, 11) is 2.44.